The molecule has 5 heteroatoms. The van der Waals surface area contributed by atoms with Crippen LogP contribution < -0.4 is 4.90 Å². The molecule has 4 aromatic carbocycles. The smallest absolute Gasteiger partial charge is 0.330 e. The minimum absolute atomic E-state index is 0.312. The molecule has 0 spiro atoms. The topological polar surface area (TPSA) is 55.8 Å². The Morgan fingerprint density at radius 1 is 0.643 bits per heavy atom. The van der Waals surface area contributed by atoms with Crippen molar-refractivity contribution in [2.45, 2.75) is 33.2 Å². The van der Waals surface area contributed by atoms with Crippen LogP contribution in [0.2, 0.25) is 0 Å². The van der Waals surface area contributed by atoms with Gasteiger partial charge in [0.25, 0.3) is 0 Å². The highest BCUT2D eigenvalue weighted by Gasteiger charge is 2.14. The summed E-state index contributed by atoms with van der Waals surface area (Å²) in [6, 6.07) is 31.8. The van der Waals surface area contributed by atoms with Gasteiger partial charge in [-0.25, -0.2) is 9.59 Å². The zero-order valence-corrected chi connectivity index (χ0v) is 24.3. The third kappa shape index (κ3) is 8.07. The molecule has 0 aliphatic rings. The van der Waals surface area contributed by atoms with Crippen LogP contribution in [0, 0.1) is 13.8 Å². The van der Waals surface area contributed by atoms with Crippen LogP contribution in [0.4, 0.5) is 11.4 Å². The average molecular weight is 560 g/mol. The highest BCUT2D eigenvalue weighted by molar-refractivity contribution is 5.81. The summed E-state index contributed by atoms with van der Waals surface area (Å²) in [5, 5.41) is 0. The third-order valence-corrected chi connectivity index (χ3v) is 7.17. The molecule has 5 nitrogen and oxygen atoms in total. The molecule has 0 N–H and O–H groups in total. The quantitative estimate of drug-likeness (QED) is 0.123. The van der Waals surface area contributed by atoms with Gasteiger partial charge in [-0.05, 0) is 77.1 Å². The zero-order valence-electron chi connectivity index (χ0n) is 24.3. The zero-order chi connectivity index (χ0) is 29.9. The first-order valence-corrected chi connectivity index (χ1v) is 14.1. The summed E-state index contributed by atoms with van der Waals surface area (Å²) >= 11 is 0. The molecular formula is C37H37NO4. The number of anilines is 2. The van der Waals surface area contributed by atoms with E-state index in [1.54, 1.807) is 0 Å². The normalized spacial score (nSPS) is 10.5. The Balaban J connectivity index is 1.58. The standard InChI is InChI=1S/C37H37NO4/c1-5-36(39)41-23-21-29-11-13-31(14-12-29)26-38(32-17-15-30(16-18-32)22-24-42-37(40)6-2)33-19-20-35(28(4)25-33)34-10-8-7-9-27(34)3/h5-20,25H,1-2,21-24,26H2,3-4H3. The Kier molecular flexibility index (Phi) is 10.5. The van der Waals surface area contributed by atoms with Gasteiger partial charge >= 0.3 is 11.9 Å². The largest absolute Gasteiger partial charge is 0.462 e. The van der Waals surface area contributed by atoms with Crippen LogP contribution in [0.1, 0.15) is 27.8 Å². The number of hydrogen-bond donors (Lipinski definition) is 0. The molecule has 0 saturated carbocycles. The van der Waals surface area contributed by atoms with Gasteiger partial charge in [-0.15, -0.1) is 0 Å². The van der Waals surface area contributed by atoms with E-state index in [4.69, 9.17) is 9.47 Å². The second kappa shape index (κ2) is 14.6. The number of ether oxygens (including phenoxy) is 2. The minimum atomic E-state index is -0.411. The third-order valence-electron chi connectivity index (χ3n) is 7.17. The average Bonchev–Trinajstić information content (AvgIpc) is 3.01. The molecule has 0 aliphatic heterocycles. The summed E-state index contributed by atoms with van der Waals surface area (Å²) in [4.78, 5) is 25.0. The predicted molar refractivity (Wildman–Crippen MR) is 170 cm³/mol. The monoisotopic (exact) mass is 559 g/mol. The van der Waals surface area contributed by atoms with E-state index >= 15 is 0 Å². The van der Waals surface area contributed by atoms with Gasteiger partial charge in [0.05, 0.1) is 13.2 Å². The Hall–Kier alpha value is -4.90. The first-order valence-electron chi connectivity index (χ1n) is 14.1. The number of nitrogens with zero attached hydrogens (tertiary/aromatic N) is 1. The van der Waals surface area contributed by atoms with Crippen LogP contribution in [0.3, 0.4) is 0 Å². The Morgan fingerprint density at radius 2 is 1.14 bits per heavy atom. The van der Waals surface area contributed by atoms with Gasteiger partial charge in [-0.1, -0.05) is 79.9 Å². The van der Waals surface area contributed by atoms with Crippen LogP contribution >= 0.6 is 0 Å². The van der Waals surface area contributed by atoms with Gasteiger partial charge in [-0.2, -0.15) is 0 Å². The molecule has 0 aromatic heterocycles. The first kappa shape index (κ1) is 30.1. The van der Waals surface area contributed by atoms with Crippen molar-refractivity contribution in [2.75, 3.05) is 18.1 Å². The van der Waals surface area contributed by atoms with Crippen molar-refractivity contribution in [3.05, 3.63) is 144 Å². The summed E-state index contributed by atoms with van der Waals surface area (Å²) in [5.41, 5.74) is 10.4. The van der Waals surface area contributed by atoms with Crippen LogP contribution in [-0.4, -0.2) is 25.2 Å². The molecule has 0 amide bonds. The summed E-state index contributed by atoms with van der Waals surface area (Å²) in [7, 11) is 0. The highest BCUT2D eigenvalue weighted by Crippen LogP contribution is 2.34. The Bertz CT molecular complexity index is 1540. The van der Waals surface area contributed by atoms with Crippen LogP contribution in [0.25, 0.3) is 11.1 Å². The molecule has 0 atom stereocenters. The first-order chi connectivity index (χ1) is 20.4. The maximum Gasteiger partial charge on any atom is 0.330 e. The van der Waals surface area contributed by atoms with E-state index in [0.29, 0.717) is 32.6 Å². The maximum absolute atomic E-state index is 11.4. The molecule has 0 radical (unpaired) electrons. The number of aryl methyl sites for hydroxylation is 2. The Labute approximate surface area is 248 Å². The Morgan fingerprint density at radius 3 is 1.69 bits per heavy atom. The van der Waals surface area contributed by atoms with E-state index in [2.05, 4.69) is 123 Å². The summed E-state index contributed by atoms with van der Waals surface area (Å²) < 4.78 is 10.3. The van der Waals surface area contributed by atoms with Crippen molar-refractivity contribution in [3.63, 3.8) is 0 Å². The van der Waals surface area contributed by atoms with E-state index in [1.807, 2.05) is 0 Å². The highest BCUT2D eigenvalue weighted by atomic mass is 16.5. The molecule has 0 aliphatic carbocycles. The van der Waals surface area contributed by atoms with Crippen molar-refractivity contribution in [1.29, 1.82) is 0 Å². The van der Waals surface area contributed by atoms with Gasteiger partial charge < -0.3 is 14.4 Å². The molecule has 0 saturated heterocycles. The van der Waals surface area contributed by atoms with Crippen LogP contribution in [-0.2, 0) is 38.4 Å². The lowest BCUT2D eigenvalue weighted by atomic mass is 9.96. The van der Waals surface area contributed by atoms with E-state index in [-0.39, 0.29) is 0 Å². The van der Waals surface area contributed by atoms with Crippen molar-refractivity contribution < 1.29 is 19.1 Å². The van der Waals surface area contributed by atoms with E-state index in [0.717, 1.165) is 28.1 Å². The minimum Gasteiger partial charge on any atom is -0.462 e. The molecule has 0 unspecified atom stereocenters. The van der Waals surface area contributed by atoms with E-state index in [9.17, 15) is 9.59 Å². The summed E-state index contributed by atoms with van der Waals surface area (Å²) in [6.45, 7) is 12.5. The lowest BCUT2D eigenvalue weighted by Crippen LogP contribution is -2.17. The number of rotatable bonds is 13. The molecule has 4 rings (SSSR count). The lowest BCUT2D eigenvalue weighted by Gasteiger charge is -2.27. The second-order valence-electron chi connectivity index (χ2n) is 10.1. The summed E-state index contributed by atoms with van der Waals surface area (Å²) in [5.74, 6) is -0.819. The van der Waals surface area contributed by atoms with Crippen LogP contribution in [0.5, 0.6) is 0 Å². The maximum atomic E-state index is 11.4. The molecule has 0 fully saturated rings. The van der Waals surface area contributed by atoms with Crippen molar-refractivity contribution in [1.82, 2.24) is 0 Å². The summed E-state index contributed by atoms with van der Waals surface area (Å²) in [6.07, 6.45) is 3.63. The number of esters is 2. The molecule has 0 heterocycles. The predicted octanol–water partition coefficient (Wildman–Crippen LogP) is 7.85. The van der Waals surface area contributed by atoms with E-state index in [1.165, 1.54) is 34.4 Å². The van der Waals surface area contributed by atoms with Gasteiger partial charge in [0.1, 0.15) is 0 Å². The molecule has 4 aromatic rings. The number of hydrogen-bond acceptors (Lipinski definition) is 5. The molecular weight excluding hydrogens is 522 g/mol. The molecule has 214 valence electrons. The molecule has 0 bridgehead atoms. The van der Waals surface area contributed by atoms with Crippen molar-refractivity contribution in [2.24, 2.45) is 0 Å². The lowest BCUT2D eigenvalue weighted by molar-refractivity contribution is -0.138. The second-order valence-corrected chi connectivity index (χ2v) is 10.1. The number of carbonyl (C=O) groups is 2. The van der Waals surface area contributed by atoms with E-state index < -0.39 is 11.9 Å². The van der Waals surface area contributed by atoms with Gasteiger partial charge in [0.2, 0.25) is 0 Å². The number of carbonyl (C=O) groups excluding carboxylic acids is 2. The van der Waals surface area contributed by atoms with Gasteiger partial charge in [-0.3, -0.25) is 0 Å². The van der Waals surface area contributed by atoms with Crippen molar-refractivity contribution in [3.8, 4) is 11.1 Å². The van der Waals surface area contributed by atoms with Crippen LogP contribution in [0.15, 0.2) is 116 Å². The SMILES string of the molecule is C=CC(=O)OCCc1ccc(CN(c2ccc(CCOC(=O)C=C)cc2)c2ccc(-c3ccccc3C)c(C)c2)cc1. The number of benzene rings is 4. The fourth-order valence-electron chi connectivity index (χ4n) is 4.82. The molecule has 42 heavy (non-hydrogen) atoms. The fourth-order valence-corrected chi connectivity index (χ4v) is 4.82. The van der Waals surface area contributed by atoms with Gasteiger partial charge in [0, 0.05) is 42.9 Å². The fraction of sp³-hybridized carbons (Fsp3) is 0.189. The van der Waals surface area contributed by atoms with Crippen molar-refractivity contribution >= 4 is 23.3 Å². The van der Waals surface area contributed by atoms with Gasteiger partial charge in [0.15, 0.2) is 0 Å².